The molecule has 1 amide bonds. The van der Waals surface area contributed by atoms with Crippen LogP contribution in [0.1, 0.15) is 36.7 Å². The lowest BCUT2D eigenvalue weighted by molar-refractivity contribution is 0.100. The molecule has 1 heterocycles. The lowest BCUT2D eigenvalue weighted by Crippen LogP contribution is -2.27. The van der Waals surface area contributed by atoms with Gasteiger partial charge in [-0.15, -0.1) is 5.10 Å². The van der Waals surface area contributed by atoms with Gasteiger partial charge >= 0.3 is 0 Å². The molecule has 0 aliphatic rings. The van der Waals surface area contributed by atoms with Gasteiger partial charge in [-0.2, -0.15) is 4.36 Å². The van der Waals surface area contributed by atoms with Crippen molar-refractivity contribution in [1.29, 1.82) is 0 Å². The van der Waals surface area contributed by atoms with Gasteiger partial charge in [0.2, 0.25) is 0 Å². The van der Waals surface area contributed by atoms with Gasteiger partial charge in [-0.05, 0) is 38.5 Å². The Kier molecular flexibility index (Phi) is 4.46. The summed E-state index contributed by atoms with van der Waals surface area (Å²) in [6.07, 6.45) is 4.90. The van der Waals surface area contributed by atoms with Crippen LogP contribution >= 0.6 is 0 Å². The topological polar surface area (TPSA) is 77.2 Å². The third kappa shape index (κ3) is 3.79. The van der Waals surface area contributed by atoms with Gasteiger partial charge in [-0.3, -0.25) is 4.79 Å². The van der Waals surface area contributed by atoms with E-state index in [9.17, 15) is 9.00 Å². The van der Waals surface area contributed by atoms with Crippen LogP contribution in [0.15, 0.2) is 41.0 Å². The summed E-state index contributed by atoms with van der Waals surface area (Å²) in [5, 5.41) is 7.63. The quantitative estimate of drug-likeness (QED) is 0.870. The summed E-state index contributed by atoms with van der Waals surface area (Å²) < 4.78 is 17.5. The van der Waals surface area contributed by atoms with E-state index in [0.29, 0.717) is 12.1 Å². The molecule has 7 heteroatoms. The molecule has 0 bridgehead atoms. The molecule has 0 N–H and O–H groups in total. The van der Waals surface area contributed by atoms with E-state index < -0.39 is 20.4 Å². The summed E-state index contributed by atoms with van der Waals surface area (Å²) in [7, 11) is -2.59. The Morgan fingerprint density at radius 3 is 2.41 bits per heavy atom. The molecule has 6 nitrogen and oxygen atoms in total. The van der Waals surface area contributed by atoms with Crippen molar-refractivity contribution in [3.8, 4) is 0 Å². The van der Waals surface area contributed by atoms with Crippen molar-refractivity contribution in [2.24, 2.45) is 4.36 Å². The number of hydrogen-bond donors (Lipinski definition) is 0. The van der Waals surface area contributed by atoms with Crippen molar-refractivity contribution >= 4 is 15.6 Å². The van der Waals surface area contributed by atoms with Gasteiger partial charge in [0.15, 0.2) is 0 Å². The number of amides is 1. The van der Waals surface area contributed by atoms with E-state index in [1.165, 1.54) is 6.26 Å². The Hall–Kier alpha value is -2.02. The SMILES string of the molecule is CC(C)(C)S(C)(=O)=NC(=O)c1ccc(Cn2ccnn2)cc1. The lowest BCUT2D eigenvalue weighted by atomic mass is 10.1. The van der Waals surface area contributed by atoms with Gasteiger partial charge in [0.05, 0.1) is 22.5 Å². The Bertz CT molecular complexity index is 765. The molecule has 22 heavy (non-hydrogen) atoms. The maximum Gasteiger partial charge on any atom is 0.285 e. The smallest absolute Gasteiger partial charge is 0.266 e. The molecular weight excluding hydrogens is 300 g/mol. The van der Waals surface area contributed by atoms with Crippen LogP contribution in [0, 0.1) is 0 Å². The van der Waals surface area contributed by atoms with Crippen LogP contribution < -0.4 is 0 Å². The van der Waals surface area contributed by atoms with Crippen LogP contribution in [0.2, 0.25) is 0 Å². The highest BCUT2D eigenvalue weighted by Gasteiger charge is 2.23. The van der Waals surface area contributed by atoms with Crippen LogP contribution in [0.25, 0.3) is 0 Å². The number of carbonyl (C=O) groups excluding carboxylic acids is 1. The average Bonchev–Trinajstić information content (AvgIpc) is 2.90. The number of carbonyl (C=O) groups is 1. The van der Waals surface area contributed by atoms with E-state index in [0.717, 1.165) is 5.56 Å². The van der Waals surface area contributed by atoms with Crippen LogP contribution in [-0.2, 0) is 16.3 Å². The first-order chi connectivity index (χ1) is 10.2. The van der Waals surface area contributed by atoms with Crippen LogP contribution in [0.4, 0.5) is 0 Å². The standard InChI is InChI=1S/C15H20N4O2S/c1-15(2,3)22(4,21)17-14(20)13-7-5-12(6-8-13)11-19-10-9-16-18-19/h5-10H,11H2,1-4H3. The first kappa shape index (κ1) is 16.4. The molecule has 0 aliphatic carbocycles. The molecule has 0 saturated carbocycles. The van der Waals surface area contributed by atoms with Gasteiger partial charge in [-0.25, -0.2) is 8.89 Å². The third-order valence-corrected chi connectivity index (χ3v) is 6.20. The summed E-state index contributed by atoms with van der Waals surface area (Å²) in [4.78, 5) is 12.2. The second-order valence-electron chi connectivity index (χ2n) is 6.11. The molecule has 2 rings (SSSR count). The molecule has 1 aromatic carbocycles. The maximum atomic E-state index is 12.5. The number of benzene rings is 1. The van der Waals surface area contributed by atoms with Crippen LogP contribution in [0.3, 0.4) is 0 Å². The number of rotatable bonds is 3. The molecule has 2 aromatic rings. The monoisotopic (exact) mass is 320 g/mol. The lowest BCUT2D eigenvalue weighted by Gasteiger charge is -2.19. The van der Waals surface area contributed by atoms with E-state index in [4.69, 9.17) is 0 Å². The fourth-order valence-electron chi connectivity index (χ4n) is 1.60. The van der Waals surface area contributed by atoms with Crippen molar-refractivity contribution in [1.82, 2.24) is 15.0 Å². The molecule has 1 atom stereocenters. The second-order valence-corrected chi connectivity index (χ2v) is 9.12. The fourth-order valence-corrected chi connectivity index (χ4v) is 2.30. The van der Waals surface area contributed by atoms with Crippen LogP contribution in [0.5, 0.6) is 0 Å². The molecule has 0 spiro atoms. The third-order valence-electron chi connectivity index (χ3n) is 3.41. The van der Waals surface area contributed by atoms with E-state index >= 15 is 0 Å². The van der Waals surface area contributed by atoms with Gasteiger partial charge in [-0.1, -0.05) is 17.3 Å². The summed E-state index contributed by atoms with van der Waals surface area (Å²) in [6.45, 7) is 6.02. The minimum atomic E-state index is -2.59. The Labute approximate surface area is 130 Å². The molecule has 0 fully saturated rings. The zero-order chi connectivity index (χ0) is 16.4. The van der Waals surface area contributed by atoms with Gasteiger partial charge in [0.1, 0.15) is 0 Å². The van der Waals surface area contributed by atoms with E-state index in [1.54, 1.807) is 29.2 Å². The van der Waals surface area contributed by atoms with Crippen molar-refractivity contribution in [3.05, 3.63) is 47.8 Å². The van der Waals surface area contributed by atoms with Gasteiger partial charge in [0, 0.05) is 22.8 Å². The molecule has 0 aliphatic heterocycles. The van der Waals surface area contributed by atoms with Crippen molar-refractivity contribution in [3.63, 3.8) is 0 Å². The maximum absolute atomic E-state index is 12.5. The first-order valence-electron chi connectivity index (χ1n) is 6.88. The van der Waals surface area contributed by atoms with E-state index in [-0.39, 0.29) is 0 Å². The molecule has 0 radical (unpaired) electrons. The highest BCUT2D eigenvalue weighted by molar-refractivity contribution is 7.94. The largest absolute Gasteiger partial charge is 0.285 e. The molecule has 1 unspecified atom stereocenters. The predicted molar refractivity (Wildman–Crippen MR) is 86.1 cm³/mol. The fraction of sp³-hybridized carbons (Fsp3) is 0.400. The van der Waals surface area contributed by atoms with Crippen LogP contribution in [-0.4, -0.2) is 36.1 Å². The first-order valence-corrected chi connectivity index (χ1v) is 8.80. The minimum absolute atomic E-state index is 0.432. The Morgan fingerprint density at radius 2 is 1.91 bits per heavy atom. The molecule has 1 aromatic heterocycles. The molecule has 118 valence electrons. The number of hydrogen-bond acceptors (Lipinski definition) is 4. The van der Waals surface area contributed by atoms with Crippen molar-refractivity contribution in [2.75, 3.05) is 6.26 Å². The van der Waals surface area contributed by atoms with E-state index in [1.807, 2.05) is 32.9 Å². The summed E-state index contributed by atoms with van der Waals surface area (Å²) in [5.41, 5.74) is 1.43. The minimum Gasteiger partial charge on any atom is -0.266 e. The number of nitrogens with zero attached hydrogens (tertiary/aromatic N) is 4. The molecule has 0 saturated heterocycles. The summed E-state index contributed by atoms with van der Waals surface area (Å²) in [5.74, 6) is -0.449. The van der Waals surface area contributed by atoms with Crippen molar-refractivity contribution < 1.29 is 9.00 Å². The van der Waals surface area contributed by atoms with Gasteiger partial charge in [0.25, 0.3) is 5.91 Å². The number of aromatic nitrogens is 3. The second kappa shape index (κ2) is 6.00. The van der Waals surface area contributed by atoms with Crippen molar-refractivity contribution in [2.45, 2.75) is 32.1 Å². The highest BCUT2D eigenvalue weighted by atomic mass is 32.2. The highest BCUT2D eigenvalue weighted by Crippen LogP contribution is 2.18. The summed E-state index contributed by atoms with van der Waals surface area (Å²) >= 11 is 0. The van der Waals surface area contributed by atoms with E-state index in [2.05, 4.69) is 14.7 Å². The average molecular weight is 320 g/mol. The van der Waals surface area contributed by atoms with Gasteiger partial charge < -0.3 is 0 Å². The molecular formula is C15H20N4O2S. The Morgan fingerprint density at radius 1 is 1.27 bits per heavy atom. The zero-order valence-corrected chi connectivity index (χ0v) is 14.0. The zero-order valence-electron chi connectivity index (χ0n) is 13.2. The Balaban J connectivity index is 2.19. The predicted octanol–water partition coefficient (Wildman–Crippen LogP) is 2.36. The normalized spacial score (nSPS) is 14.4. The summed E-state index contributed by atoms with van der Waals surface area (Å²) in [6, 6.07) is 7.05.